The van der Waals surface area contributed by atoms with Crippen LogP contribution in [0.25, 0.3) is 0 Å². The first-order chi connectivity index (χ1) is 13.4. The molecule has 2 atom stereocenters. The number of esters is 1. The van der Waals surface area contributed by atoms with Gasteiger partial charge in [0.15, 0.2) is 6.61 Å². The van der Waals surface area contributed by atoms with Gasteiger partial charge in [0, 0.05) is 18.2 Å². The summed E-state index contributed by atoms with van der Waals surface area (Å²) in [6, 6.07) is 12.2. The van der Waals surface area contributed by atoms with E-state index in [1.165, 1.54) is 13.2 Å². The van der Waals surface area contributed by atoms with E-state index in [1.807, 2.05) is 25.1 Å². The lowest BCUT2D eigenvalue weighted by Gasteiger charge is -2.18. The summed E-state index contributed by atoms with van der Waals surface area (Å²) in [5.41, 5.74) is 2.04. The summed E-state index contributed by atoms with van der Waals surface area (Å²) in [4.78, 5) is 11.2. The molecule has 0 aliphatic heterocycles. The monoisotopic (exact) mass is 389 g/mol. The molecular formula is C21H27NO6. The number of methoxy groups -OCH3 is 1. The van der Waals surface area contributed by atoms with Crippen molar-refractivity contribution in [1.29, 1.82) is 0 Å². The molecule has 0 spiro atoms. The topological polar surface area (TPSA) is 108 Å². The number of rotatable bonds is 10. The zero-order chi connectivity index (χ0) is 20.5. The Labute approximate surface area is 164 Å². The summed E-state index contributed by atoms with van der Waals surface area (Å²) in [6.45, 7) is 1.91. The predicted octanol–water partition coefficient (Wildman–Crippen LogP) is 1.69. The summed E-state index contributed by atoms with van der Waals surface area (Å²) in [5.74, 6) is 0.165. The molecule has 28 heavy (non-hydrogen) atoms. The van der Waals surface area contributed by atoms with Gasteiger partial charge in [0.2, 0.25) is 0 Å². The molecule has 7 nitrogen and oxygen atoms in total. The van der Waals surface area contributed by atoms with Gasteiger partial charge in [-0.05, 0) is 48.7 Å². The lowest BCUT2D eigenvalue weighted by atomic mass is 10.0. The summed E-state index contributed by atoms with van der Waals surface area (Å²) < 4.78 is 9.95. The third-order valence-corrected chi connectivity index (χ3v) is 4.34. The van der Waals surface area contributed by atoms with Crippen LogP contribution < -0.4 is 10.1 Å². The molecule has 0 saturated heterocycles. The average molecular weight is 389 g/mol. The van der Waals surface area contributed by atoms with E-state index in [-0.39, 0.29) is 25.0 Å². The molecule has 2 aromatic rings. The van der Waals surface area contributed by atoms with Gasteiger partial charge in [-0.25, -0.2) is 4.79 Å². The first-order valence-corrected chi connectivity index (χ1v) is 9.05. The van der Waals surface area contributed by atoms with Gasteiger partial charge in [-0.15, -0.1) is 0 Å². The number of aromatic hydroxyl groups is 1. The number of carbonyl (C=O) groups is 1. The fourth-order valence-electron chi connectivity index (χ4n) is 2.76. The van der Waals surface area contributed by atoms with Crippen LogP contribution in [0.5, 0.6) is 11.5 Å². The van der Waals surface area contributed by atoms with Crippen LogP contribution in [0.1, 0.15) is 29.7 Å². The zero-order valence-corrected chi connectivity index (χ0v) is 16.1. The molecule has 152 valence electrons. The summed E-state index contributed by atoms with van der Waals surface area (Å²) in [7, 11) is 1.31. The number of aliphatic hydroxyl groups is 2. The maximum Gasteiger partial charge on any atom is 0.343 e. The molecule has 0 amide bonds. The minimum atomic E-state index is -0.761. The lowest BCUT2D eigenvalue weighted by Crippen LogP contribution is -2.32. The highest BCUT2D eigenvalue weighted by molar-refractivity contribution is 5.70. The Morgan fingerprint density at radius 2 is 2.00 bits per heavy atom. The van der Waals surface area contributed by atoms with Crippen molar-refractivity contribution in [3.63, 3.8) is 0 Å². The van der Waals surface area contributed by atoms with E-state index >= 15 is 0 Å². The maximum atomic E-state index is 11.2. The molecule has 0 aliphatic rings. The first kappa shape index (κ1) is 21.7. The van der Waals surface area contributed by atoms with Crippen molar-refractivity contribution < 1.29 is 29.6 Å². The smallest absolute Gasteiger partial charge is 0.343 e. The average Bonchev–Trinajstić information content (AvgIpc) is 2.70. The Kier molecular flexibility index (Phi) is 8.25. The number of ether oxygens (including phenoxy) is 2. The van der Waals surface area contributed by atoms with Gasteiger partial charge in [0.25, 0.3) is 0 Å². The Balaban J connectivity index is 1.86. The van der Waals surface area contributed by atoms with Crippen molar-refractivity contribution in [2.45, 2.75) is 32.1 Å². The van der Waals surface area contributed by atoms with Crippen molar-refractivity contribution in [1.82, 2.24) is 5.32 Å². The molecular weight excluding hydrogens is 362 g/mol. The van der Waals surface area contributed by atoms with E-state index in [0.29, 0.717) is 29.8 Å². The van der Waals surface area contributed by atoms with Crippen LogP contribution in [0.15, 0.2) is 42.5 Å². The minimum absolute atomic E-state index is 0.00840. The number of nitrogens with one attached hydrogen (secondary N) is 1. The van der Waals surface area contributed by atoms with Crippen molar-refractivity contribution in [2.75, 3.05) is 20.3 Å². The molecule has 2 rings (SSSR count). The van der Waals surface area contributed by atoms with E-state index in [4.69, 9.17) is 4.74 Å². The van der Waals surface area contributed by atoms with E-state index in [9.17, 15) is 20.1 Å². The molecule has 4 N–H and O–H groups in total. The molecule has 0 aromatic heterocycles. The largest absolute Gasteiger partial charge is 0.508 e. The standard InChI is InChI=1S/C21H27NO6/c1-14(8-15-4-3-5-18(9-15)28-13-21(26)27-2)22-11-20(25)16-6-7-19(24)17(10-16)12-23/h3-7,9-10,14,20,22-25H,8,11-13H2,1-2H3. The van der Waals surface area contributed by atoms with Crippen LogP contribution in [-0.4, -0.2) is 47.6 Å². The van der Waals surface area contributed by atoms with Crippen molar-refractivity contribution in [3.8, 4) is 11.5 Å². The molecule has 2 unspecified atom stereocenters. The van der Waals surface area contributed by atoms with Gasteiger partial charge in [0.1, 0.15) is 11.5 Å². The van der Waals surface area contributed by atoms with Gasteiger partial charge < -0.3 is 30.1 Å². The molecule has 7 heteroatoms. The second-order valence-electron chi connectivity index (χ2n) is 6.59. The van der Waals surface area contributed by atoms with Crippen LogP contribution in [0.2, 0.25) is 0 Å². The molecule has 0 saturated carbocycles. The van der Waals surface area contributed by atoms with Gasteiger partial charge in [-0.1, -0.05) is 18.2 Å². The predicted molar refractivity (Wildman–Crippen MR) is 104 cm³/mol. The number of aliphatic hydroxyl groups excluding tert-OH is 2. The highest BCUT2D eigenvalue weighted by atomic mass is 16.6. The highest BCUT2D eigenvalue weighted by Crippen LogP contribution is 2.22. The number of carbonyl (C=O) groups excluding carboxylic acids is 1. The van der Waals surface area contributed by atoms with E-state index in [1.54, 1.807) is 18.2 Å². The van der Waals surface area contributed by atoms with Crippen molar-refractivity contribution in [3.05, 3.63) is 59.2 Å². The fourth-order valence-corrected chi connectivity index (χ4v) is 2.76. The van der Waals surface area contributed by atoms with Gasteiger partial charge in [-0.3, -0.25) is 0 Å². The molecule has 0 radical (unpaired) electrons. The third-order valence-electron chi connectivity index (χ3n) is 4.34. The van der Waals surface area contributed by atoms with Crippen LogP contribution in [0, 0.1) is 0 Å². The molecule has 0 aliphatic carbocycles. The number of hydrogen-bond donors (Lipinski definition) is 4. The second kappa shape index (κ2) is 10.7. The normalized spacial score (nSPS) is 13.0. The van der Waals surface area contributed by atoms with Gasteiger partial charge >= 0.3 is 5.97 Å². The lowest BCUT2D eigenvalue weighted by molar-refractivity contribution is -0.142. The number of benzene rings is 2. The zero-order valence-electron chi connectivity index (χ0n) is 16.1. The van der Waals surface area contributed by atoms with Crippen LogP contribution >= 0.6 is 0 Å². The van der Waals surface area contributed by atoms with Gasteiger partial charge in [0.05, 0.1) is 19.8 Å². The Hall–Kier alpha value is -2.61. The van der Waals surface area contributed by atoms with E-state index in [0.717, 1.165) is 5.56 Å². The SMILES string of the molecule is COC(=O)COc1cccc(CC(C)NCC(O)c2ccc(O)c(CO)c2)c1. The van der Waals surface area contributed by atoms with Crippen LogP contribution in [0.4, 0.5) is 0 Å². The summed E-state index contributed by atoms with van der Waals surface area (Å²) >= 11 is 0. The van der Waals surface area contributed by atoms with Crippen molar-refractivity contribution >= 4 is 5.97 Å². The quantitative estimate of drug-likeness (QED) is 0.458. The van der Waals surface area contributed by atoms with E-state index in [2.05, 4.69) is 10.1 Å². The highest BCUT2D eigenvalue weighted by Gasteiger charge is 2.12. The molecule has 0 heterocycles. The summed E-state index contributed by atoms with van der Waals surface area (Å²) in [5, 5.41) is 32.4. The maximum absolute atomic E-state index is 11.2. The molecule has 0 fully saturated rings. The van der Waals surface area contributed by atoms with Crippen LogP contribution in [0.3, 0.4) is 0 Å². The number of phenols is 1. The van der Waals surface area contributed by atoms with Gasteiger partial charge in [-0.2, -0.15) is 0 Å². The first-order valence-electron chi connectivity index (χ1n) is 9.05. The second-order valence-corrected chi connectivity index (χ2v) is 6.59. The Morgan fingerprint density at radius 1 is 1.21 bits per heavy atom. The van der Waals surface area contributed by atoms with Crippen molar-refractivity contribution in [2.24, 2.45) is 0 Å². The number of hydrogen-bond acceptors (Lipinski definition) is 7. The Morgan fingerprint density at radius 3 is 2.71 bits per heavy atom. The minimum Gasteiger partial charge on any atom is -0.508 e. The van der Waals surface area contributed by atoms with E-state index < -0.39 is 12.1 Å². The summed E-state index contributed by atoms with van der Waals surface area (Å²) in [6.07, 6.45) is -0.0531. The van der Waals surface area contributed by atoms with Crippen LogP contribution in [-0.2, 0) is 22.6 Å². The third kappa shape index (κ3) is 6.53. The Bertz CT molecular complexity index is 779. The molecule has 2 aromatic carbocycles. The fraction of sp³-hybridized carbons (Fsp3) is 0.381. The molecule has 0 bridgehead atoms.